The number of allylic oxidation sites excluding steroid dienone is 3. The van der Waals surface area contributed by atoms with Gasteiger partial charge in [-0.25, -0.2) is 0 Å². The first-order chi connectivity index (χ1) is 11.0. The highest BCUT2D eigenvalue weighted by atomic mass is 16.3. The summed E-state index contributed by atoms with van der Waals surface area (Å²) in [5, 5.41) is 20.2. The third kappa shape index (κ3) is 2.01. The molecule has 0 radical (unpaired) electrons. The summed E-state index contributed by atoms with van der Waals surface area (Å²) < 4.78 is 0. The number of carbonyl (C=O) groups is 1. The maximum absolute atomic E-state index is 11.7. The number of fused-ring (bicyclic) bond motifs is 5. The molecule has 0 aromatic heterocycles. The van der Waals surface area contributed by atoms with Gasteiger partial charge in [0, 0.05) is 11.8 Å². The summed E-state index contributed by atoms with van der Waals surface area (Å²) in [6.45, 7) is 2.18. The Morgan fingerprint density at radius 1 is 1.30 bits per heavy atom. The minimum atomic E-state index is -0.962. The molecule has 2 fully saturated rings. The standard InChI is InChI=1S/C20H25NO2/c1-19-8-6-16-15-5-3-14(22)12-13(15)2-4-17(16)18(19)7-9-20(19,23)10-11-21/h7,9,12,15-18,23H,2-6,8,10H2,1H3/t15-,16+,17+,18-,19?,20+/m0/s1. The van der Waals surface area contributed by atoms with E-state index in [0.717, 1.165) is 32.1 Å². The average molecular weight is 311 g/mol. The third-order valence-electron chi connectivity index (χ3n) is 7.47. The van der Waals surface area contributed by atoms with Gasteiger partial charge in [-0.1, -0.05) is 24.6 Å². The van der Waals surface area contributed by atoms with Gasteiger partial charge < -0.3 is 5.11 Å². The van der Waals surface area contributed by atoms with E-state index in [4.69, 9.17) is 5.26 Å². The Morgan fingerprint density at radius 3 is 2.91 bits per heavy atom. The molecule has 3 heteroatoms. The minimum absolute atomic E-state index is 0.191. The van der Waals surface area contributed by atoms with Crippen molar-refractivity contribution in [2.45, 2.75) is 57.5 Å². The van der Waals surface area contributed by atoms with Crippen LogP contribution in [0.1, 0.15) is 51.9 Å². The molecule has 3 nitrogen and oxygen atoms in total. The lowest BCUT2D eigenvalue weighted by molar-refractivity contribution is -0.117. The van der Waals surface area contributed by atoms with Crippen LogP contribution >= 0.6 is 0 Å². The lowest BCUT2D eigenvalue weighted by atomic mass is 9.50. The monoisotopic (exact) mass is 311 g/mol. The molecule has 122 valence electrons. The molecule has 0 saturated heterocycles. The fourth-order valence-corrected chi connectivity index (χ4v) is 6.12. The van der Waals surface area contributed by atoms with E-state index in [9.17, 15) is 9.90 Å². The molecule has 0 aromatic carbocycles. The van der Waals surface area contributed by atoms with Crippen molar-refractivity contribution in [2.75, 3.05) is 0 Å². The van der Waals surface area contributed by atoms with Crippen LogP contribution in [0.4, 0.5) is 0 Å². The summed E-state index contributed by atoms with van der Waals surface area (Å²) in [7, 11) is 0. The van der Waals surface area contributed by atoms with Gasteiger partial charge in [0.05, 0.1) is 12.5 Å². The van der Waals surface area contributed by atoms with E-state index in [0.29, 0.717) is 35.9 Å². The quantitative estimate of drug-likeness (QED) is 0.753. The van der Waals surface area contributed by atoms with Crippen LogP contribution in [0.5, 0.6) is 0 Å². The Kier molecular flexibility index (Phi) is 3.32. The molecule has 2 saturated carbocycles. The predicted molar refractivity (Wildman–Crippen MR) is 87.2 cm³/mol. The Labute approximate surface area is 138 Å². The normalized spacial score (nSPS) is 48.0. The molecule has 23 heavy (non-hydrogen) atoms. The van der Waals surface area contributed by atoms with Crippen LogP contribution in [0.25, 0.3) is 0 Å². The highest BCUT2D eigenvalue weighted by Crippen LogP contribution is 2.63. The van der Waals surface area contributed by atoms with Gasteiger partial charge in [0.25, 0.3) is 0 Å². The van der Waals surface area contributed by atoms with Crippen molar-refractivity contribution in [2.24, 2.45) is 29.1 Å². The number of nitriles is 1. The van der Waals surface area contributed by atoms with Crippen LogP contribution in [0.3, 0.4) is 0 Å². The first-order valence-corrected chi connectivity index (χ1v) is 9.00. The van der Waals surface area contributed by atoms with Crippen molar-refractivity contribution in [1.82, 2.24) is 0 Å². The smallest absolute Gasteiger partial charge is 0.155 e. The van der Waals surface area contributed by atoms with Crippen LogP contribution in [-0.2, 0) is 4.79 Å². The topological polar surface area (TPSA) is 61.1 Å². The van der Waals surface area contributed by atoms with Crippen molar-refractivity contribution in [3.8, 4) is 6.07 Å². The molecule has 0 aromatic rings. The predicted octanol–water partition coefficient (Wildman–Crippen LogP) is 3.55. The molecule has 4 aliphatic rings. The molecule has 0 aliphatic heterocycles. The van der Waals surface area contributed by atoms with Gasteiger partial charge in [-0.15, -0.1) is 0 Å². The number of ketones is 1. The Morgan fingerprint density at radius 2 is 2.13 bits per heavy atom. The summed E-state index contributed by atoms with van der Waals surface area (Å²) in [6, 6.07) is 2.18. The Hall–Kier alpha value is -1.40. The van der Waals surface area contributed by atoms with E-state index in [1.165, 1.54) is 5.57 Å². The first-order valence-electron chi connectivity index (χ1n) is 9.00. The van der Waals surface area contributed by atoms with Gasteiger partial charge in [-0.3, -0.25) is 4.79 Å². The van der Waals surface area contributed by atoms with E-state index in [1.807, 2.05) is 12.2 Å². The number of carbonyl (C=O) groups excluding carboxylic acids is 1. The van der Waals surface area contributed by atoms with Crippen molar-refractivity contribution >= 4 is 5.78 Å². The summed E-state index contributed by atoms with van der Waals surface area (Å²) in [5.41, 5.74) is 0.228. The molecular formula is C20H25NO2. The largest absolute Gasteiger partial charge is 0.384 e. The zero-order valence-electron chi connectivity index (χ0n) is 13.8. The zero-order chi connectivity index (χ0) is 16.2. The van der Waals surface area contributed by atoms with Gasteiger partial charge in [-0.05, 0) is 61.9 Å². The number of hydrogen-bond acceptors (Lipinski definition) is 3. The van der Waals surface area contributed by atoms with Gasteiger partial charge >= 0.3 is 0 Å². The molecule has 0 amide bonds. The summed E-state index contributed by atoms with van der Waals surface area (Å²) >= 11 is 0. The molecule has 0 spiro atoms. The van der Waals surface area contributed by atoms with Gasteiger partial charge in [0.1, 0.15) is 5.60 Å². The van der Waals surface area contributed by atoms with E-state index in [2.05, 4.69) is 19.1 Å². The minimum Gasteiger partial charge on any atom is -0.384 e. The molecule has 4 rings (SSSR count). The van der Waals surface area contributed by atoms with Crippen LogP contribution in [-0.4, -0.2) is 16.5 Å². The van der Waals surface area contributed by atoms with Crippen molar-refractivity contribution < 1.29 is 9.90 Å². The molecule has 0 heterocycles. The highest BCUT2D eigenvalue weighted by molar-refractivity contribution is 5.91. The lowest BCUT2D eigenvalue weighted by Gasteiger charge is -2.55. The summed E-state index contributed by atoms with van der Waals surface area (Å²) in [6.07, 6.45) is 12.2. The van der Waals surface area contributed by atoms with E-state index in [1.54, 1.807) is 0 Å². The van der Waals surface area contributed by atoms with E-state index >= 15 is 0 Å². The van der Waals surface area contributed by atoms with Gasteiger partial charge in [0.2, 0.25) is 0 Å². The third-order valence-corrected chi connectivity index (χ3v) is 7.47. The maximum atomic E-state index is 11.7. The number of nitrogens with zero attached hydrogens (tertiary/aromatic N) is 1. The fourth-order valence-electron chi connectivity index (χ4n) is 6.12. The summed E-state index contributed by atoms with van der Waals surface area (Å²) in [4.78, 5) is 11.7. The van der Waals surface area contributed by atoms with Gasteiger partial charge in [-0.2, -0.15) is 5.26 Å². The van der Waals surface area contributed by atoms with Crippen LogP contribution < -0.4 is 0 Å². The maximum Gasteiger partial charge on any atom is 0.155 e. The Balaban J connectivity index is 1.64. The highest BCUT2D eigenvalue weighted by Gasteiger charge is 2.59. The number of hydrogen-bond donors (Lipinski definition) is 1. The van der Waals surface area contributed by atoms with Crippen LogP contribution in [0.2, 0.25) is 0 Å². The molecule has 1 N–H and O–H groups in total. The van der Waals surface area contributed by atoms with Crippen molar-refractivity contribution in [3.05, 3.63) is 23.8 Å². The second kappa shape index (κ2) is 5.05. The van der Waals surface area contributed by atoms with Crippen molar-refractivity contribution in [3.63, 3.8) is 0 Å². The molecule has 1 unspecified atom stereocenters. The van der Waals surface area contributed by atoms with Crippen LogP contribution in [0, 0.1) is 40.4 Å². The fraction of sp³-hybridized carbons (Fsp3) is 0.700. The second-order valence-corrected chi connectivity index (χ2v) is 8.30. The van der Waals surface area contributed by atoms with Gasteiger partial charge in [0.15, 0.2) is 5.78 Å². The first kappa shape index (κ1) is 15.1. The molecule has 6 atom stereocenters. The van der Waals surface area contributed by atoms with E-state index in [-0.39, 0.29) is 11.8 Å². The Bertz CT molecular complexity index is 643. The average Bonchev–Trinajstić information content (AvgIpc) is 2.79. The SMILES string of the molecule is CC12CC[C@H]3[C@@H](CCC4=CC(=O)CC[C@@H]43)[C@@H]1C=C[C@@]2(O)CC#N. The van der Waals surface area contributed by atoms with Crippen LogP contribution in [0.15, 0.2) is 23.8 Å². The van der Waals surface area contributed by atoms with Crippen molar-refractivity contribution in [1.29, 1.82) is 5.26 Å². The zero-order valence-corrected chi connectivity index (χ0v) is 13.8. The molecule has 0 bridgehead atoms. The lowest BCUT2D eigenvalue weighted by Crippen LogP contribution is -2.53. The molecular weight excluding hydrogens is 286 g/mol. The summed E-state index contributed by atoms with van der Waals surface area (Å²) in [5.74, 6) is 2.50. The molecule has 4 aliphatic carbocycles. The van der Waals surface area contributed by atoms with E-state index < -0.39 is 5.60 Å². The second-order valence-electron chi connectivity index (χ2n) is 8.30. The number of rotatable bonds is 1. The number of aliphatic hydroxyl groups is 1.